The summed E-state index contributed by atoms with van der Waals surface area (Å²) in [6.45, 7) is 4.49. The molecule has 0 aliphatic heterocycles. The Labute approximate surface area is 138 Å². The molecule has 6 heteroatoms. The number of carbonyl (C=O) groups excluding carboxylic acids is 1. The molecule has 0 atom stereocenters. The van der Waals surface area contributed by atoms with Crippen LogP contribution < -0.4 is 10.1 Å². The van der Waals surface area contributed by atoms with Crippen LogP contribution in [0.2, 0.25) is 0 Å². The molecule has 0 unspecified atom stereocenters. The maximum absolute atomic E-state index is 12.4. The zero-order valence-corrected chi connectivity index (χ0v) is 14.0. The highest BCUT2D eigenvalue weighted by atomic mass is 32.1. The first kappa shape index (κ1) is 15.4. The minimum absolute atomic E-state index is 0.208. The van der Waals surface area contributed by atoms with E-state index >= 15 is 0 Å². The molecular formula is C17H17N3O2S. The monoisotopic (exact) mass is 327 g/mol. The molecule has 3 rings (SSSR count). The van der Waals surface area contributed by atoms with Gasteiger partial charge in [-0.1, -0.05) is 6.07 Å². The summed E-state index contributed by atoms with van der Waals surface area (Å²) >= 11 is 1.59. The van der Waals surface area contributed by atoms with E-state index in [1.165, 1.54) is 7.11 Å². The fourth-order valence-electron chi connectivity index (χ4n) is 2.25. The molecule has 0 bridgehead atoms. The molecule has 0 spiro atoms. The Morgan fingerprint density at radius 2 is 1.91 bits per heavy atom. The maximum Gasteiger partial charge on any atom is 0.275 e. The largest absolute Gasteiger partial charge is 0.479 e. The molecule has 0 fully saturated rings. The van der Waals surface area contributed by atoms with Crippen molar-refractivity contribution in [3.05, 3.63) is 51.3 Å². The number of hydrogen-bond acceptors (Lipinski definition) is 5. The molecule has 0 saturated heterocycles. The summed E-state index contributed by atoms with van der Waals surface area (Å²) in [7, 11) is 1.49. The highest BCUT2D eigenvalue weighted by Crippen LogP contribution is 2.22. The lowest BCUT2D eigenvalue weighted by atomic mass is 10.1. The van der Waals surface area contributed by atoms with Gasteiger partial charge in [-0.3, -0.25) is 4.79 Å². The number of nitrogens with zero attached hydrogens (tertiary/aromatic N) is 2. The molecule has 0 aliphatic carbocycles. The third-order valence-corrected chi connectivity index (χ3v) is 4.54. The Morgan fingerprint density at radius 1 is 1.22 bits per heavy atom. The Balaban J connectivity index is 1.94. The van der Waals surface area contributed by atoms with Crippen molar-refractivity contribution in [3.63, 3.8) is 0 Å². The van der Waals surface area contributed by atoms with Crippen molar-refractivity contribution in [1.29, 1.82) is 0 Å². The fraction of sp³-hybridized carbons (Fsp3) is 0.235. The molecule has 5 nitrogen and oxygen atoms in total. The first-order chi connectivity index (χ1) is 11.1. The van der Waals surface area contributed by atoms with Crippen LogP contribution in [-0.4, -0.2) is 23.0 Å². The number of ether oxygens (including phenoxy) is 1. The van der Waals surface area contributed by atoms with Crippen LogP contribution in [0.25, 0.3) is 11.0 Å². The lowest BCUT2D eigenvalue weighted by Crippen LogP contribution is -2.24. The van der Waals surface area contributed by atoms with Crippen molar-refractivity contribution in [1.82, 2.24) is 15.3 Å². The number of aromatic nitrogens is 2. The van der Waals surface area contributed by atoms with Gasteiger partial charge >= 0.3 is 0 Å². The number of carbonyl (C=O) groups is 1. The van der Waals surface area contributed by atoms with Gasteiger partial charge in [0.15, 0.2) is 5.69 Å². The van der Waals surface area contributed by atoms with Crippen LogP contribution in [0.3, 0.4) is 0 Å². The number of rotatable bonds is 4. The number of aryl methyl sites for hydroxylation is 2. The highest BCUT2D eigenvalue weighted by molar-refractivity contribution is 7.09. The third-order valence-electron chi connectivity index (χ3n) is 3.66. The summed E-state index contributed by atoms with van der Waals surface area (Å²) < 4.78 is 5.25. The van der Waals surface area contributed by atoms with E-state index < -0.39 is 0 Å². The van der Waals surface area contributed by atoms with Crippen molar-refractivity contribution in [2.24, 2.45) is 0 Å². The zero-order chi connectivity index (χ0) is 16.4. The van der Waals surface area contributed by atoms with Gasteiger partial charge < -0.3 is 10.1 Å². The predicted octanol–water partition coefficient (Wildman–Crippen LogP) is 3.25. The van der Waals surface area contributed by atoms with Crippen molar-refractivity contribution in [2.75, 3.05) is 7.11 Å². The Morgan fingerprint density at radius 3 is 2.52 bits per heavy atom. The molecular weight excluding hydrogens is 310 g/mol. The van der Waals surface area contributed by atoms with E-state index in [1.54, 1.807) is 11.3 Å². The second kappa shape index (κ2) is 6.34. The van der Waals surface area contributed by atoms with E-state index in [-0.39, 0.29) is 17.5 Å². The van der Waals surface area contributed by atoms with E-state index in [4.69, 9.17) is 4.74 Å². The topological polar surface area (TPSA) is 64.1 Å². The van der Waals surface area contributed by atoms with Crippen LogP contribution in [0.5, 0.6) is 5.88 Å². The SMILES string of the molecule is COc1nc2cc(C)c(C)cc2nc1C(=O)NCc1cccs1. The summed E-state index contributed by atoms with van der Waals surface area (Å²) in [5, 5.41) is 4.83. The van der Waals surface area contributed by atoms with Crippen LogP contribution in [0, 0.1) is 13.8 Å². The maximum atomic E-state index is 12.4. The molecule has 1 N–H and O–H groups in total. The van der Waals surface area contributed by atoms with Crippen LogP contribution in [-0.2, 0) is 6.54 Å². The average molecular weight is 327 g/mol. The van der Waals surface area contributed by atoms with E-state index in [0.29, 0.717) is 12.1 Å². The standard InChI is InChI=1S/C17H17N3O2S/c1-10-7-13-14(8-11(10)2)20-17(22-3)15(19-13)16(21)18-9-12-5-4-6-23-12/h4-8H,9H2,1-3H3,(H,18,21). The van der Waals surface area contributed by atoms with Crippen LogP contribution in [0.15, 0.2) is 29.6 Å². The van der Waals surface area contributed by atoms with Gasteiger partial charge in [-0.05, 0) is 48.6 Å². The van der Waals surface area contributed by atoms with Crippen molar-refractivity contribution < 1.29 is 9.53 Å². The van der Waals surface area contributed by atoms with E-state index in [1.807, 2.05) is 43.5 Å². The number of benzene rings is 1. The third kappa shape index (κ3) is 3.17. The normalized spacial score (nSPS) is 10.7. The van der Waals surface area contributed by atoms with Crippen LogP contribution in [0.4, 0.5) is 0 Å². The number of nitrogens with one attached hydrogen (secondary N) is 1. The van der Waals surface area contributed by atoms with Gasteiger partial charge in [0, 0.05) is 4.88 Å². The molecule has 3 aromatic rings. The Hall–Kier alpha value is -2.47. The molecule has 0 aliphatic rings. The van der Waals surface area contributed by atoms with Crippen molar-refractivity contribution >= 4 is 28.3 Å². The number of amides is 1. The van der Waals surface area contributed by atoms with Crippen molar-refractivity contribution in [3.8, 4) is 5.88 Å². The number of fused-ring (bicyclic) bond motifs is 1. The molecule has 1 aromatic carbocycles. The first-order valence-electron chi connectivity index (χ1n) is 7.22. The first-order valence-corrected chi connectivity index (χ1v) is 8.10. The van der Waals surface area contributed by atoms with Crippen molar-refractivity contribution in [2.45, 2.75) is 20.4 Å². The van der Waals surface area contributed by atoms with Gasteiger partial charge in [0.1, 0.15) is 0 Å². The second-order valence-corrected chi connectivity index (χ2v) is 6.30. The highest BCUT2D eigenvalue weighted by Gasteiger charge is 2.17. The molecule has 118 valence electrons. The summed E-state index contributed by atoms with van der Waals surface area (Å²) in [6.07, 6.45) is 0. The predicted molar refractivity (Wildman–Crippen MR) is 91.1 cm³/mol. The number of methoxy groups -OCH3 is 1. The summed E-state index contributed by atoms with van der Waals surface area (Å²) in [4.78, 5) is 22.4. The summed E-state index contributed by atoms with van der Waals surface area (Å²) in [5.74, 6) is -0.0488. The van der Waals surface area contributed by atoms with E-state index in [2.05, 4.69) is 15.3 Å². The minimum Gasteiger partial charge on any atom is -0.479 e. The second-order valence-electron chi connectivity index (χ2n) is 5.27. The van der Waals surface area contributed by atoms with Gasteiger partial charge in [0.05, 0.1) is 24.7 Å². The molecule has 23 heavy (non-hydrogen) atoms. The number of thiophene rings is 1. The molecule has 2 aromatic heterocycles. The lowest BCUT2D eigenvalue weighted by Gasteiger charge is -2.10. The fourth-order valence-corrected chi connectivity index (χ4v) is 2.89. The molecule has 0 saturated carbocycles. The minimum atomic E-state index is -0.289. The van der Waals surface area contributed by atoms with Gasteiger partial charge in [-0.25, -0.2) is 9.97 Å². The van der Waals surface area contributed by atoms with E-state index in [9.17, 15) is 4.79 Å². The molecule has 1 amide bonds. The zero-order valence-electron chi connectivity index (χ0n) is 13.2. The van der Waals surface area contributed by atoms with Gasteiger partial charge in [-0.2, -0.15) is 0 Å². The lowest BCUT2D eigenvalue weighted by molar-refractivity contribution is 0.0942. The molecule has 2 heterocycles. The van der Waals surface area contributed by atoms with Crippen LogP contribution >= 0.6 is 11.3 Å². The summed E-state index contributed by atoms with van der Waals surface area (Å²) in [6, 6.07) is 7.81. The smallest absolute Gasteiger partial charge is 0.275 e. The van der Waals surface area contributed by atoms with Crippen LogP contribution in [0.1, 0.15) is 26.5 Å². The average Bonchev–Trinajstić information content (AvgIpc) is 3.06. The Bertz CT molecular complexity index is 860. The molecule has 0 radical (unpaired) electrons. The Kier molecular flexibility index (Phi) is 4.25. The van der Waals surface area contributed by atoms with Gasteiger partial charge in [0.25, 0.3) is 5.91 Å². The number of hydrogen-bond donors (Lipinski definition) is 1. The van der Waals surface area contributed by atoms with Gasteiger partial charge in [-0.15, -0.1) is 11.3 Å². The summed E-state index contributed by atoms with van der Waals surface area (Å²) in [5.41, 5.74) is 3.86. The van der Waals surface area contributed by atoms with Gasteiger partial charge in [0.2, 0.25) is 5.88 Å². The van der Waals surface area contributed by atoms with E-state index in [0.717, 1.165) is 21.5 Å². The quantitative estimate of drug-likeness (QED) is 0.799.